The molecule has 1 aromatic rings. The molecule has 1 N–H and O–H groups in total. The fourth-order valence-corrected chi connectivity index (χ4v) is 1.96. The lowest BCUT2D eigenvalue weighted by Crippen LogP contribution is -2.30. The molecule has 116 valence electrons. The van der Waals surface area contributed by atoms with E-state index in [1.54, 1.807) is 18.2 Å². The number of esters is 1. The normalized spacial score (nSPS) is 13.9. The largest absolute Gasteiger partial charge is 0.496 e. The molecule has 1 amide bonds. The number of hydrazone groups is 1. The highest BCUT2D eigenvalue weighted by Gasteiger charge is 2.20. The van der Waals surface area contributed by atoms with Gasteiger partial charge in [-0.05, 0) is 25.1 Å². The van der Waals surface area contributed by atoms with Crippen molar-refractivity contribution in [2.75, 3.05) is 7.11 Å². The van der Waals surface area contributed by atoms with Gasteiger partial charge in [0.1, 0.15) is 18.1 Å². The minimum absolute atomic E-state index is 0.0455. The van der Waals surface area contributed by atoms with Crippen molar-refractivity contribution >= 4 is 23.4 Å². The van der Waals surface area contributed by atoms with E-state index in [1.807, 2.05) is 0 Å². The van der Waals surface area contributed by atoms with E-state index in [0.717, 1.165) is 0 Å². The van der Waals surface area contributed by atoms with Gasteiger partial charge in [0.25, 0.3) is 0 Å². The fraction of sp³-hybridized carbons (Fsp3) is 0.333. The number of methoxy groups -OCH3 is 1. The molecule has 0 aromatic heterocycles. The Morgan fingerprint density at radius 2 is 2.09 bits per heavy atom. The third-order valence-electron chi connectivity index (χ3n) is 3.19. The Morgan fingerprint density at radius 3 is 2.68 bits per heavy atom. The lowest BCUT2D eigenvalue weighted by atomic mass is 10.1. The lowest BCUT2D eigenvalue weighted by Gasteiger charge is -2.13. The molecular formula is C15H16N2O5. The SMILES string of the molecule is COc1ccc(C(C)=O)cc1COC(=O)C1=NNC(=O)CC1. The number of benzene rings is 1. The molecule has 0 radical (unpaired) electrons. The Hall–Kier alpha value is -2.70. The van der Waals surface area contributed by atoms with Gasteiger partial charge in [0.15, 0.2) is 5.78 Å². The Balaban J connectivity index is 2.07. The maximum atomic E-state index is 11.9. The summed E-state index contributed by atoms with van der Waals surface area (Å²) in [5.41, 5.74) is 3.50. The van der Waals surface area contributed by atoms with Crippen LogP contribution >= 0.6 is 0 Å². The summed E-state index contributed by atoms with van der Waals surface area (Å²) in [6.07, 6.45) is 0.451. The van der Waals surface area contributed by atoms with Crippen LogP contribution < -0.4 is 10.2 Å². The lowest BCUT2D eigenvalue weighted by molar-refractivity contribution is -0.137. The number of rotatable bonds is 5. The van der Waals surface area contributed by atoms with E-state index in [9.17, 15) is 14.4 Å². The van der Waals surface area contributed by atoms with Gasteiger partial charge in [-0.2, -0.15) is 5.10 Å². The second kappa shape index (κ2) is 6.84. The number of carbonyl (C=O) groups is 3. The van der Waals surface area contributed by atoms with Crippen molar-refractivity contribution in [2.24, 2.45) is 5.10 Å². The maximum absolute atomic E-state index is 11.9. The summed E-state index contributed by atoms with van der Waals surface area (Å²) >= 11 is 0. The van der Waals surface area contributed by atoms with Crippen LogP contribution in [0, 0.1) is 0 Å². The average molecular weight is 304 g/mol. The molecule has 0 fully saturated rings. The van der Waals surface area contributed by atoms with Crippen LogP contribution in [0.3, 0.4) is 0 Å². The molecule has 22 heavy (non-hydrogen) atoms. The number of carbonyl (C=O) groups excluding carboxylic acids is 3. The standard InChI is InChI=1S/C15H16N2O5/c1-9(18)10-3-5-13(21-2)11(7-10)8-22-15(20)12-4-6-14(19)17-16-12/h3,5,7H,4,6,8H2,1-2H3,(H,17,19). The number of nitrogens with zero attached hydrogens (tertiary/aromatic N) is 1. The first-order valence-corrected chi connectivity index (χ1v) is 6.71. The summed E-state index contributed by atoms with van der Waals surface area (Å²) in [5, 5.41) is 3.67. The monoisotopic (exact) mass is 304 g/mol. The van der Waals surface area contributed by atoms with Gasteiger partial charge in [-0.15, -0.1) is 0 Å². The summed E-state index contributed by atoms with van der Waals surface area (Å²) in [7, 11) is 1.49. The molecule has 1 heterocycles. The number of ketones is 1. The van der Waals surface area contributed by atoms with Crippen LogP contribution in [-0.4, -0.2) is 30.5 Å². The summed E-state index contributed by atoms with van der Waals surface area (Å²) in [4.78, 5) is 34.3. The minimum Gasteiger partial charge on any atom is -0.496 e. The Morgan fingerprint density at radius 1 is 1.32 bits per heavy atom. The summed E-state index contributed by atoms with van der Waals surface area (Å²) < 4.78 is 10.3. The number of Topliss-reactive ketones (excluding diaryl/α,β-unsaturated/α-hetero) is 1. The molecule has 0 saturated carbocycles. The predicted octanol–water partition coefficient (Wildman–Crippen LogP) is 1.21. The zero-order chi connectivity index (χ0) is 16.1. The zero-order valence-electron chi connectivity index (χ0n) is 12.3. The van der Waals surface area contributed by atoms with Crippen LogP contribution in [0.4, 0.5) is 0 Å². The van der Waals surface area contributed by atoms with E-state index in [-0.39, 0.29) is 36.9 Å². The second-order valence-corrected chi connectivity index (χ2v) is 4.75. The average Bonchev–Trinajstić information content (AvgIpc) is 2.52. The third-order valence-corrected chi connectivity index (χ3v) is 3.19. The molecule has 7 heteroatoms. The zero-order valence-corrected chi connectivity index (χ0v) is 12.3. The summed E-state index contributed by atoms with van der Waals surface area (Å²) in [6.45, 7) is 1.41. The molecule has 7 nitrogen and oxygen atoms in total. The number of ether oxygens (including phenoxy) is 2. The highest BCUT2D eigenvalue weighted by Crippen LogP contribution is 2.21. The van der Waals surface area contributed by atoms with E-state index < -0.39 is 5.97 Å². The van der Waals surface area contributed by atoms with Crippen molar-refractivity contribution in [2.45, 2.75) is 26.4 Å². The van der Waals surface area contributed by atoms with Gasteiger partial charge < -0.3 is 9.47 Å². The number of nitrogens with one attached hydrogen (secondary N) is 1. The van der Waals surface area contributed by atoms with Gasteiger partial charge in [0.2, 0.25) is 5.91 Å². The van der Waals surface area contributed by atoms with Gasteiger partial charge in [0, 0.05) is 24.0 Å². The molecule has 0 spiro atoms. The predicted molar refractivity (Wildman–Crippen MR) is 77.6 cm³/mol. The molecule has 0 atom stereocenters. The number of hydrogen-bond acceptors (Lipinski definition) is 6. The van der Waals surface area contributed by atoms with Crippen molar-refractivity contribution < 1.29 is 23.9 Å². The van der Waals surface area contributed by atoms with Gasteiger partial charge in [-0.25, -0.2) is 10.2 Å². The first-order chi connectivity index (χ1) is 10.5. The van der Waals surface area contributed by atoms with E-state index >= 15 is 0 Å². The first-order valence-electron chi connectivity index (χ1n) is 6.71. The van der Waals surface area contributed by atoms with Crippen LogP contribution in [0.2, 0.25) is 0 Å². The highest BCUT2D eigenvalue weighted by atomic mass is 16.5. The number of hydrogen-bond donors (Lipinski definition) is 1. The maximum Gasteiger partial charge on any atom is 0.354 e. The van der Waals surface area contributed by atoms with Crippen molar-refractivity contribution in [3.05, 3.63) is 29.3 Å². The van der Waals surface area contributed by atoms with Crippen molar-refractivity contribution in [3.63, 3.8) is 0 Å². The quantitative estimate of drug-likeness (QED) is 0.651. The van der Waals surface area contributed by atoms with Crippen LogP contribution in [-0.2, 0) is 20.9 Å². The van der Waals surface area contributed by atoms with Crippen LogP contribution in [0.5, 0.6) is 5.75 Å². The molecule has 1 aromatic carbocycles. The van der Waals surface area contributed by atoms with Crippen LogP contribution in [0.15, 0.2) is 23.3 Å². The van der Waals surface area contributed by atoms with Crippen LogP contribution in [0.1, 0.15) is 35.7 Å². The van der Waals surface area contributed by atoms with Gasteiger partial charge >= 0.3 is 5.97 Å². The van der Waals surface area contributed by atoms with Crippen molar-refractivity contribution in [1.29, 1.82) is 0 Å². The van der Waals surface area contributed by atoms with E-state index in [2.05, 4.69) is 10.5 Å². The molecule has 0 saturated heterocycles. The molecule has 0 unspecified atom stereocenters. The summed E-state index contributed by atoms with van der Waals surface area (Å²) in [6, 6.07) is 4.92. The molecule has 1 aliphatic heterocycles. The Kier molecular flexibility index (Phi) is 4.88. The minimum atomic E-state index is -0.602. The van der Waals surface area contributed by atoms with Gasteiger partial charge in [-0.1, -0.05) is 0 Å². The molecular weight excluding hydrogens is 288 g/mol. The van der Waals surface area contributed by atoms with Gasteiger partial charge in [0.05, 0.1) is 7.11 Å². The van der Waals surface area contributed by atoms with E-state index in [4.69, 9.17) is 9.47 Å². The Bertz CT molecular complexity index is 651. The fourth-order valence-electron chi connectivity index (χ4n) is 1.96. The smallest absolute Gasteiger partial charge is 0.354 e. The number of amides is 1. The van der Waals surface area contributed by atoms with Crippen molar-refractivity contribution in [1.82, 2.24) is 5.43 Å². The highest BCUT2D eigenvalue weighted by molar-refractivity contribution is 6.37. The van der Waals surface area contributed by atoms with Crippen LogP contribution in [0.25, 0.3) is 0 Å². The van der Waals surface area contributed by atoms with Crippen molar-refractivity contribution in [3.8, 4) is 5.75 Å². The van der Waals surface area contributed by atoms with Gasteiger partial charge in [-0.3, -0.25) is 9.59 Å². The summed E-state index contributed by atoms with van der Waals surface area (Å²) in [5.74, 6) is -0.394. The molecule has 0 aliphatic carbocycles. The topological polar surface area (TPSA) is 94.1 Å². The van der Waals surface area contributed by atoms with E-state index in [1.165, 1.54) is 14.0 Å². The second-order valence-electron chi connectivity index (χ2n) is 4.75. The molecule has 1 aliphatic rings. The first kappa shape index (κ1) is 15.7. The van der Waals surface area contributed by atoms with E-state index in [0.29, 0.717) is 16.9 Å². The molecule has 2 rings (SSSR count). The Labute approximate surface area is 127 Å². The third kappa shape index (κ3) is 3.69. The molecule has 0 bridgehead atoms.